The van der Waals surface area contributed by atoms with Gasteiger partial charge in [-0.25, -0.2) is 9.18 Å². The van der Waals surface area contributed by atoms with Gasteiger partial charge in [0.05, 0.1) is 32.5 Å². The summed E-state index contributed by atoms with van der Waals surface area (Å²) in [6.07, 6.45) is 0.291. The fourth-order valence-corrected chi connectivity index (χ4v) is 5.26. The molecule has 0 aliphatic rings. The second kappa shape index (κ2) is 13.5. The van der Waals surface area contributed by atoms with Crippen molar-refractivity contribution in [3.8, 4) is 17.2 Å². The molecule has 1 heterocycles. The Morgan fingerprint density at radius 1 is 0.952 bits per heavy atom. The van der Waals surface area contributed by atoms with Crippen molar-refractivity contribution in [2.75, 3.05) is 27.1 Å². The highest BCUT2D eigenvalue weighted by Crippen LogP contribution is 2.38. The third kappa shape index (κ3) is 6.91. The van der Waals surface area contributed by atoms with E-state index in [9.17, 15) is 14.0 Å². The van der Waals surface area contributed by atoms with Crippen molar-refractivity contribution < 1.29 is 28.2 Å². The van der Waals surface area contributed by atoms with E-state index in [1.54, 1.807) is 30.9 Å². The number of methoxy groups -OCH3 is 3. The molecule has 0 saturated carbocycles. The van der Waals surface area contributed by atoms with E-state index < -0.39 is 17.4 Å². The van der Waals surface area contributed by atoms with Crippen LogP contribution in [0.1, 0.15) is 30.8 Å². The third-order valence-electron chi connectivity index (χ3n) is 6.82. The van der Waals surface area contributed by atoms with E-state index >= 15 is 0 Å². The molecule has 0 bridgehead atoms. The van der Waals surface area contributed by atoms with Crippen LogP contribution >= 0.6 is 11.8 Å². The molecule has 9 nitrogen and oxygen atoms in total. The third-order valence-corrected chi connectivity index (χ3v) is 7.75. The molecule has 0 saturated heterocycles. The fraction of sp³-hybridized carbons (Fsp3) is 0.290. The van der Waals surface area contributed by atoms with Crippen LogP contribution in [0, 0.1) is 5.82 Å². The Bertz CT molecular complexity index is 1530. The number of carbonyl (C=O) groups excluding carboxylic acids is 2. The predicted octanol–water partition coefficient (Wildman–Crippen LogP) is 4.74. The van der Waals surface area contributed by atoms with Crippen molar-refractivity contribution in [1.29, 1.82) is 0 Å². The molecule has 0 spiro atoms. The highest BCUT2D eigenvalue weighted by atomic mass is 32.2. The molecule has 1 amide bonds. The molecule has 3 aromatic carbocycles. The first-order valence-electron chi connectivity index (χ1n) is 13.2. The molecule has 4 rings (SSSR count). The summed E-state index contributed by atoms with van der Waals surface area (Å²) >= 11 is 1.15. The van der Waals surface area contributed by atoms with Gasteiger partial charge in [0.15, 0.2) is 16.7 Å². The maximum absolute atomic E-state index is 13.8. The summed E-state index contributed by atoms with van der Waals surface area (Å²) < 4.78 is 31.5. The van der Waals surface area contributed by atoms with Gasteiger partial charge in [0.1, 0.15) is 17.7 Å². The minimum Gasteiger partial charge on any atom is -0.493 e. The normalized spacial score (nSPS) is 12.0. The Morgan fingerprint density at radius 2 is 1.64 bits per heavy atom. The second-order valence-electron chi connectivity index (χ2n) is 9.93. The van der Waals surface area contributed by atoms with Gasteiger partial charge in [0, 0.05) is 12.1 Å². The van der Waals surface area contributed by atoms with Crippen molar-refractivity contribution in [2.45, 2.75) is 36.9 Å². The van der Waals surface area contributed by atoms with Crippen LogP contribution in [0.3, 0.4) is 0 Å². The Labute approximate surface area is 248 Å². The maximum atomic E-state index is 13.8. The molecular formula is C31H33FN4O5S. The predicted molar refractivity (Wildman–Crippen MR) is 158 cm³/mol. The van der Waals surface area contributed by atoms with Crippen molar-refractivity contribution in [3.05, 3.63) is 95.6 Å². The summed E-state index contributed by atoms with van der Waals surface area (Å²) in [5.74, 6) is 0.397. The number of amides is 1. The smallest absolute Gasteiger partial charge is 0.328 e. The molecule has 0 radical (unpaired) electrons. The highest BCUT2D eigenvalue weighted by Gasteiger charge is 2.33. The van der Waals surface area contributed by atoms with E-state index in [2.05, 4.69) is 15.5 Å². The maximum Gasteiger partial charge on any atom is 0.328 e. The number of aromatic nitrogens is 3. The van der Waals surface area contributed by atoms with Gasteiger partial charge in [0.25, 0.3) is 0 Å². The molecule has 0 aliphatic carbocycles. The number of ether oxygens (including phenoxy) is 3. The van der Waals surface area contributed by atoms with Gasteiger partial charge in [0.2, 0.25) is 5.91 Å². The minimum absolute atomic E-state index is 0.0433. The van der Waals surface area contributed by atoms with Crippen LogP contribution in [-0.2, 0) is 26.2 Å². The van der Waals surface area contributed by atoms with Gasteiger partial charge in [-0.3, -0.25) is 9.36 Å². The highest BCUT2D eigenvalue weighted by molar-refractivity contribution is 7.99. The van der Waals surface area contributed by atoms with E-state index in [1.807, 2.05) is 62.4 Å². The molecule has 1 unspecified atom stereocenters. The number of hydrogen-bond donors (Lipinski definition) is 1. The number of nitrogens with one attached hydrogen (secondary N) is 1. The number of halogens is 1. The summed E-state index contributed by atoms with van der Waals surface area (Å²) in [7, 11) is 4.43. The summed E-state index contributed by atoms with van der Waals surface area (Å²) in [5.41, 5.74) is 1.71. The van der Waals surface area contributed by atoms with Gasteiger partial charge in [-0.1, -0.05) is 48.2 Å². The first-order chi connectivity index (χ1) is 20.2. The number of thioether (sulfide) groups is 1. The lowest BCUT2D eigenvalue weighted by Crippen LogP contribution is -2.43. The standard InChI is InChI=1S/C31H33FN4O5S/c1-31(2,21-11-16-25(39-3)26(18-21)40-4)29-34-35-30(36(29)23-14-12-22(32)13-15-23)42-19-27(37)33-24(28(38)41-5)17-20-9-7-6-8-10-20/h6-16,18,24H,17,19H2,1-5H3,(H,33,37). The van der Waals surface area contributed by atoms with Gasteiger partial charge < -0.3 is 19.5 Å². The van der Waals surface area contributed by atoms with E-state index in [0.717, 1.165) is 22.9 Å². The second-order valence-corrected chi connectivity index (χ2v) is 10.9. The van der Waals surface area contributed by atoms with Crippen molar-refractivity contribution in [3.63, 3.8) is 0 Å². The number of rotatable bonds is 12. The summed E-state index contributed by atoms with van der Waals surface area (Å²) in [5, 5.41) is 12.1. The molecule has 1 aromatic heterocycles. The lowest BCUT2D eigenvalue weighted by atomic mass is 9.83. The topological polar surface area (TPSA) is 105 Å². The number of hydrogen-bond acceptors (Lipinski definition) is 8. The van der Waals surface area contributed by atoms with Crippen LogP contribution in [0.25, 0.3) is 5.69 Å². The van der Waals surface area contributed by atoms with Crippen molar-refractivity contribution in [1.82, 2.24) is 20.1 Å². The lowest BCUT2D eigenvalue weighted by molar-refractivity contribution is -0.144. The van der Waals surface area contributed by atoms with E-state index in [1.165, 1.54) is 19.2 Å². The van der Waals surface area contributed by atoms with Gasteiger partial charge in [-0.15, -0.1) is 10.2 Å². The van der Waals surface area contributed by atoms with Crippen LogP contribution in [-0.4, -0.2) is 59.8 Å². The average Bonchev–Trinajstić information content (AvgIpc) is 3.44. The van der Waals surface area contributed by atoms with Gasteiger partial charge in [-0.05, 0) is 61.4 Å². The Kier molecular flexibility index (Phi) is 9.84. The van der Waals surface area contributed by atoms with Gasteiger partial charge in [-0.2, -0.15) is 0 Å². The average molecular weight is 593 g/mol. The largest absolute Gasteiger partial charge is 0.493 e. The quantitative estimate of drug-likeness (QED) is 0.186. The summed E-state index contributed by atoms with van der Waals surface area (Å²) in [6, 6.07) is 20.1. The summed E-state index contributed by atoms with van der Waals surface area (Å²) in [6.45, 7) is 3.98. The van der Waals surface area contributed by atoms with Crippen LogP contribution in [0.4, 0.5) is 4.39 Å². The Hall–Kier alpha value is -4.38. The van der Waals surface area contributed by atoms with Crippen molar-refractivity contribution >= 4 is 23.6 Å². The fourth-order valence-electron chi connectivity index (χ4n) is 4.50. The monoisotopic (exact) mass is 592 g/mol. The zero-order chi connectivity index (χ0) is 30.3. The summed E-state index contributed by atoms with van der Waals surface area (Å²) in [4.78, 5) is 25.4. The van der Waals surface area contributed by atoms with Crippen LogP contribution in [0.5, 0.6) is 11.5 Å². The SMILES string of the molecule is COC(=O)C(Cc1ccccc1)NC(=O)CSc1nnc(C(C)(C)c2ccc(OC)c(OC)c2)n1-c1ccc(F)cc1. The molecule has 1 N–H and O–H groups in total. The number of nitrogens with zero attached hydrogens (tertiary/aromatic N) is 3. The van der Waals surface area contributed by atoms with Gasteiger partial charge >= 0.3 is 5.97 Å². The molecule has 220 valence electrons. The first-order valence-corrected chi connectivity index (χ1v) is 14.1. The molecule has 0 fully saturated rings. The van der Waals surface area contributed by atoms with Crippen molar-refractivity contribution in [2.24, 2.45) is 0 Å². The zero-order valence-corrected chi connectivity index (χ0v) is 24.9. The molecule has 0 aliphatic heterocycles. The first kappa shape index (κ1) is 30.6. The van der Waals surface area contributed by atoms with Crippen LogP contribution in [0.15, 0.2) is 78.0 Å². The molecule has 42 heavy (non-hydrogen) atoms. The molecular weight excluding hydrogens is 559 g/mol. The Morgan fingerprint density at radius 3 is 2.29 bits per heavy atom. The number of esters is 1. The number of benzene rings is 3. The lowest BCUT2D eigenvalue weighted by Gasteiger charge is -2.26. The van der Waals surface area contributed by atoms with E-state index in [4.69, 9.17) is 14.2 Å². The van der Waals surface area contributed by atoms with Crippen LogP contribution in [0.2, 0.25) is 0 Å². The molecule has 11 heteroatoms. The minimum atomic E-state index is -0.847. The molecule has 1 atom stereocenters. The van der Waals surface area contributed by atoms with E-state index in [0.29, 0.717) is 34.6 Å². The number of carbonyl (C=O) groups is 2. The zero-order valence-electron chi connectivity index (χ0n) is 24.1. The Balaban J connectivity index is 1.62. The van der Waals surface area contributed by atoms with Crippen LogP contribution < -0.4 is 14.8 Å². The molecule has 4 aromatic rings. The van der Waals surface area contributed by atoms with E-state index in [-0.39, 0.29) is 17.5 Å².